The molecule has 0 N–H and O–H groups in total. The highest BCUT2D eigenvalue weighted by molar-refractivity contribution is 4.85. The lowest BCUT2D eigenvalue weighted by atomic mass is 9.72. The van der Waals surface area contributed by atoms with E-state index in [-0.39, 0.29) is 0 Å². The number of rotatable bonds is 5. The van der Waals surface area contributed by atoms with Gasteiger partial charge in [-0.15, -0.1) is 0 Å². The Morgan fingerprint density at radius 2 is 1.37 bits per heavy atom. The summed E-state index contributed by atoms with van der Waals surface area (Å²) in [7, 11) is 0. The van der Waals surface area contributed by atoms with Crippen LogP contribution in [0.1, 0.15) is 58.3 Å². The minimum atomic E-state index is 0.425. The maximum atomic E-state index is 5.75. The lowest BCUT2D eigenvalue weighted by molar-refractivity contribution is 0.0341. The monoisotopic (exact) mass is 264 g/mol. The van der Waals surface area contributed by atoms with Crippen molar-refractivity contribution < 1.29 is 9.47 Å². The van der Waals surface area contributed by atoms with Gasteiger partial charge in [0.05, 0.1) is 24.2 Å². The molecule has 108 valence electrons. The Bertz CT molecular complexity index is 294. The van der Waals surface area contributed by atoms with E-state index >= 15 is 0 Å². The third-order valence-electron chi connectivity index (χ3n) is 4.76. The fraction of sp³-hybridized carbons (Fsp3) is 0.765. The normalized spacial score (nSPS) is 35.4. The molecule has 0 heterocycles. The first-order valence-corrected chi connectivity index (χ1v) is 7.77. The Labute approximate surface area is 117 Å². The quantitative estimate of drug-likeness (QED) is 0.663. The van der Waals surface area contributed by atoms with Gasteiger partial charge in [0.15, 0.2) is 0 Å². The van der Waals surface area contributed by atoms with Crippen LogP contribution in [0.5, 0.6) is 0 Å². The molecule has 2 rings (SSSR count). The zero-order valence-electron chi connectivity index (χ0n) is 12.3. The first-order valence-electron chi connectivity index (χ1n) is 7.77. The average Bonchev–Trinajstić information content (AvgIpc) is 2.40. The molecule has 2 aliphatic rings. The predicted molar refractivity (Wildman–Crippen MR) is 78.7 cm³/mol. The molecule has 0 aliphatic heterocycles. The molecule has 19 heavy (non-hydrogen) atoms. The van der Waals surface area contributed by atoms with Gasteiger partial charge < -0.3 is 9.47 Å². The van der Waals surface area contributed by atoms with E-state index in [0.29, 0.717) is 12.2 Å². The molecule has 0 radical (unpaired) electrons. The van der Waals surface area contributed by atoms with E-state index in [0.717, 1.165) is 17.6 Å². The van der Waals surface area contributed by atoms with E-state index in [4.69, 9.17) is 9.47 Å². The molecule has 0 spiro atoms. The lowest BCUT2D eigenvalue weighted by Gasteiger charge is -2.37. The molecule has 2 aliphatic carbocycles. The molecule has 0 aromatic heterocycles. The molecule has 2 heteroatoms. The molecule has 0 unspecified atom stereocenters. The van der Waals surface area contributed by atoms with Gasteiger partial charge in [-0.1, -0.05) is 13.2 Å². The summed E-state index contributed by atoms with van der Waals surface area (Å²) in [5, 5.41) is 0. The summed E-state index contributed by atoms with van der Waals surface area (Å²) in [6.45, 7) is 9.44. The molecule has 2 fully saturated rings. The molecule has 2 saturated carbocycles. The van der Waals surface area contributed by atoms with Crippen LogP contribution in [0.4, 0.5) is 0 Å². The molecule has 2 nitrogen and oxygen atoms in total. The summed E-state index contributed by atoms with van der Waals surface area (Å²) in [5.41, 5.74) is 0. The molecule has 0 atom stereocenters. The predicted octanol–water partition coefficient (Wildman–Crippen LogP) is 4.81. The van der Waals surface area contributed by atoms with Crippen molar-refractivity contribution in [2.45, 2.75) is 70.5 Å². The second-order valence-electron chi connectivity index (χ2n) is 6.20. The van der Waals surface area contributed by atoms with Crippen LogP contribution in [0.2, 0.25) is 0 Å². The third kappa shape index (κ3) is 4.29. The van der Waals surface area contributed by atoms with Crippen LogP contribution in [-0.2, 0) is 9.47 Å². The Morgan fingerprint density at radius 1 is 0.895 bits per heavy atom. The van der Waals surface area contributed by atoms with Gasteiger partial charge in [-0.05, 0) is 70.1 Å². The second-order valence-corrected chi connectivity index (χ2v) is 6.20. The highest BCUT2D eigenvalue weighted by Gasteiger charge is 2.31. The van der Waals surface area contributed by atoms with Crippen molar-refractivity contribution in [2.75, 3.05) is 0 Å². The van der Waals surface area contributed by atoms with Crippen LogP contribution < -0.4 is 0 Å². The third-order valence-corrected chi connectivity index (χ3v) is 4.76. The van der Waals surface area contributed by atoms with Crippen LogP contribution >= 0.6 is 0 Å². The van der Waals surface area contributed by atoms with Gasteiger partial charge in [0, 0.05) is 0 Å². The number of hydrogen-bond donors (Lipinski definition) is 0. The van der Waals surface area contributed by atoms with Crippen LogP contribution in [0, 0.1) is 11.8 Å². The molecular formula is C17H28O2. The molecule has 0 amide bonds. The van der Waals surface area contributed by atoms with E-state index in [1.165, 1.54) is 51.4 Å². The van der Waals surface area contributed by atoms with Gasteiger partial charge in [-0.25, -0.2) is 0 Å². The van der Waals surface area contributed by atoms with Gasteiger partial charge in [-0.3, -0.25) is 0 Å². The number of hydrogen-bond acceptors (Lipinski definition) is 2. The van der Waals surface area contributed by atoms with Crippen LogP contribution in [-0.4, -0.2) is 12.2 Å². The molecule has 0 bridgehead atoms. The van der Waals surface area contributed by atoms with Gasteiger partial charge in [0.25, 0.3) is 0 Å². The summed E-state index contributed by atoms with van der Waals surface area (Å²) >= 11 is 0. The van der Waals surface area contributed by atoms with E-state index in [9.17, 15) is 0 Å². The maximum absolute atomic E-state index is 5.75. The minimum absolute atomic E-state index is 0.425. The topological polar surface area (TPSA) is 18.5 Å². The zero-order valence-corrected chi connectivity index (χ0v) is 12.3. The van der Waals surface area contributed by atoms with E-state index in [1.807, 2.05) is 6.92 Å². The molecule has 0 aromatic rings. The van der Waals surface area contributed by atoms with Crippen molar-refractivity contribution in [3.63, 3.8) is 0 Å². The Balaban J connectivity index is 1.70. The smallest absolute Gasteiger partial charge is 0.0982 e. The van der Waals surface area contributed by atoms with Crippen molar-refractivity contribution >= 4 is 0 Å². The summed E-state index contributed by atoms with van der Waals surface area (Å²) in [6, 6.07) is 0. The van der Waals surface area contributed by atoms with Crippen molar-refractivity contribution in [2.24, 2.45) is 11.8 Å². The molecular weight excluding hydrogens is 236 g/mol. The lowest BCUT2D eigenvalue weighted by Crippen LogP contribution is -2.29. The Kier molecular flexibility index (Phi) is 5.35. The van der Waals surface area contributed by atoms with Crippen molar-refractivity contribution in [3.8, 4) is 0 Å². The Hall–Kier alpha value is -0.920. The first kappa shape index (κ1) is 14.5. The van der Waals surface area contributed by atoms with Crippen molar-refractivity contribution in [3.05, 3.63) is 25.2 Å². The van der Waals surface area contributed by atoms with E-state index in [2.05, 4.69) is 13.2 Å². The van der Waals surface area contributed by atoms with E-state index < -0.39 is 0 Å². The van der Waals surface area contributed by atoms with Crippen LogP contribution in [0.15, 0.2) is 25.2 Å². The summed E-state index contributed by atoms with van der Waals surface area (Å²) in [5.74, 6) is 2.69. The standard InChI is InChI=1S/C17H28O2/c1-4-18-16-9-5-14(6-10-16)15-7-11-17(12-8-15)19-13(2)3/h4,14-17H,1-2,5-12H2,3H3. The maximum Gasteiger partial charge on any atom is 0.0982 e. The van der Waals surface area contributed by atoms with Gasteiger partial charge in [-0.2, -0.15) is 0 Å². The largest absolute Gasteiger partial charge is 0.499 e. The van der Waals surface area contributed by atoms with Gasteiger partial charge in [0.1, 0.15) is 0 Å². The fourth-order valence-corrected chi connectivity index (χ4v) is 3.79. The second kappa shape index (κ2) is 7.02. The minimum Gasteiger partial charge on any atom is -0.499 e. The Morgan fingerprint density at radius 3 is 1.79 bits per heavy atom. The van der Waals surface area contributed by atoms with Crippen molar-refractivity contribution in [1.29, 1.82) is 0 Å². The first-order chi connectivity index (χ1) is 9.19. The SMILES string of the molecule is C=COC1CCC(C2CCC(OC(=C)C)CC2)CC1. The molecule has 0 saturated heterocycles. The summed E-state index contributed by atoms with van der Waals surface area (Å²) in [6.07, 6.45) is 12.6. The van der Waals surface area contributed by atoms with Crippen LogP contribution in [0.3, 0.4) is 0 Å². The average molecular weight is 264 g/mol. The summed E-state index contributed by atoms with van der Waals surface area (Å²) < 4.78 is 11.3. The van der Waals surface area contributed by atoms with Gasteiger partial charge >= 0.3 is 0 Å². The van der Waals surface area contributed by atoms with Gasteiger partial charge in [0.2, 0.25) is 0 Å². The zero-order chi connectivity index (χ0) is 13.7. The fourth-order valence-electron chi connectivity index (χ4n) is 3.79. The van der Waals surface area contributed by atoms with Crippen molar-refractivity contribution in [1.82, 2.24) is 0 Å². The highest BCUT2D eigenvalue weighted by atomic mass is 16.5. The van der Waals surface area contributed by atoms with Crippen LogP contribution in [0.25, 0.3) is 0 Å². The van der Waals surface area contributed by atoms with E-state index in [1.54, 1.807) is 6.26 Å². The molecule has 0 aromatic carbocycles. The number of ether oxygens (including phenoxy) is 2. The summed E-state index contributed by atoms with van der Waals surface area (Å²) in [4.78, 5) is 0. The number of allylic oxidation sites excluding steroid dienone is 1. The highest BCUT2D eigenvalue weighted by Crippen LogP contribution is 2.39.